The fourth-order valence-electron chi connectivity index (χ4n) is 3.42. The van der Waals surface area contributed by atoms with Crippen LogP contribution >= 0.6 is 0 Å². The Kier molecular flexibility index (Phi) is 6.80. The predicted octanol–water partition coefficient (Wildman–Crippen LogP) is 0.822. The number of carbonyl (C=O) groups is 3. The number of fused-ring (bicyclic) bond motifs is 1. The van der Waals surface area contributed by atoms with Gasteiger partial charge < -0.3 is 20.1 Å². The number of carboxylic acid groups (broad SMARTS) is 1. The van der Waals surface area contributed by atoms with Gasteiger partial charge in [0.1, 0.15) is 11.8 Å². The molecule has 1 atom stereocenters. The Labute approximate surface area is 185 Å². The van der Waals surface area contributed by atoms with Crippen LogP contribution in [0.2, 0.25) is 0 Å². The van der Waals surface area contributed by atoms with Crippen molar-refractivity contribution in [3.63, 3.8) is 0 Å². The first-order valence-electron chi connectivity index (χ1n) is 9.66. The van der Waals surface area contributed by atoms with Gasteiger partial charge in [-0.05, 0) is 35.9 Å². The van der Waals surface area contributed by atoms with E-state index in [0.29, 0.717) is 17.0 Å². The first-order chi connectivity index (χ1) is 15.1. The number of nitrogens with zero attached hydrogens (tertiary/aromatic N) is 2. The highest BCUT2D eigenvalue weighted by Gasteiger charge is 2.41. The van der Waals surface area contributed by atoms with Gasteiger partial charge in [-0.2, -0.15) is 4.31 Å². The molecule has 2 aromatic rings. The lowest BCUT2D eigenvalue weighted by atomic mass is 10.1. The van der Waals surface area contributed by atoms with Crippen LogP contribution in [0.25, 0.3) is 0 Å². The first kappa shape index (κ1) is 23.2. The number of aliphatic carboxylic acids is 1. The molecular formula is C21H23N3O7S. The average molecular weight is 461 g/mol. The van der Waals surface area contributed by atoms with E-state index in [2.05, 4.69) is 5.32 Å². The molecule has 0 fully saturated rings. The lowest BCUT2D eigenvalue weighted by Gasteiger charge is -2.28. The average Bonchev–Trinajstić information content (AvgIpc) is 2.95. The van der Waals surface area contributed by atoms with Gasteiger partial charge in [0.25, 0.3) is 0 Å². The minimum atomic E-state index is -4.23. The van der Waals surface area contributed by atoms with Crippen LogP contribution in [-0.2, 0) is 31.0 Å². The van der Waals surface area contributed by atoms with Crippen molar-refractivity contribution >= 4 is 33.5 Å². The Balaban J connectivity index is 2.06. The summed E-state index contributed by atoms with van der Waals surface area (Å²) in [5.74, 6) is -1.91. The van der Waals surface area contributed by atoms with Crippen molar-refractivity contribution in [3.8, 4) is 5.75 Å². The Hall–Kier alpha value is -3.44. The maximum atomic E-state index is 13.4. The van der Waals surface area contributed by atoms with E-state index in [1.807, 2.05) is 0 Å². The van der Waals surface area contributed by atoms with Crippen LogP contribution in [0.5, 0.6) is 5.75 Å². The van der Waals surface area contributed by atoms with Crippen LogP contribution in [0, 0.1) is 0 Å². The number of ether oxygens (including phenoxy) is 1. The first-order valence-corrected chi connectivity index (χ1v) is 11.1. The summed E-state index contributed by atoms with van der Waals surface area (Å²) in [6.07, 6.45) is 0. The summed E-state index contributed by atoms with van der Waals surface area (Å²) in [6.45, 7) is 0.250. The molecule has 32 heavy (non-hydrogen) atoms. The summed E-state index contributed by atoms with van der Waals surface area (Å²) in [7, 11) is -2.79. The summed E-state index contributed by atoms with van der Waals surface area (Å²) < 4.78 is 32.8. The maximum Gasteiger partial charge on any atom is 0.323 e. The molecule has 0 aromatic heterocycles. The van der Waals surface area contributed by atoms with Gasteiger partial charge in [-0.25, -0.2) is 8.42 Å². The number of carboxylic acids is 1. The number of anilines is 1. The van der Waals surface area contributed by atoms with E-state index in [-0.39, 0.29) is 18.0 Å². The second-order valence-electron chi connectivity index (χ2n) is 7.12. The van der Waals surface area contributed by atoms with E-state index in [9.17, 15) is 27.9 Å². The van der Waals surface area contributed by atoms with Gasteiger partial charge in [-0.1, -0.05) is 18.2 Å². The van der Waals surface area contributed by atoms with Gasteiger partial charge in [0.2, 0.25) is 21.8 Å². The van der Waals surface area contributed by atoms with Crippen LogP contribution < -0.4 is 15.0 Å². The van der Waals surface area contributed by atoms with Crippen molar-refractivity contribution in [3.05, 3.63) is 54.1 Å². The number of hydrogen-bond acceptors (Lipinski definition) is 6. The highest BCUT2D eigenvalue weighted by molar-refractivity contribution is 7.89. The monoisotopic (exact) mass is 461 g/mol. The summed E-state index contributed by atoms with van der Waals surface area (Å²) >= 11 is 0. The smallest absolute Gasteiger partial charge is 0.323 e. The largest absolute Gasteiger partial charge is 0.497 e. The Morgan fingerprint density at radius 3 is 2.38 bits per heavy atom. The number of para-hydroxylation sites is 1. The van der Waals surface area contributed by atoms with Crippen molar-refractivity contribution in [2.24, 2.45) is 0 Å². The summed E-state index contributed by atoms with van der Waals surface area (Å²) in [6, 6.07) is 10.7. The third kappa shape index (κ3) is 4.73. The number of carbonyl (C=O) groups excluding carboxylic acids is 2. The fraction of sp³-hybridized carbons (Fsp3) is 0.286. The number of benzene rings is 2. The van der Waals surface area contributed by atoms with Crippen LogP contribution in [-0.4, -0.2) is 61.9 Å². The summed E-state index contributed by atoms with van der Waals surface area (Å²) in [5, 5.41) is 12.3. The molecule has 1 unspecified atom stereocenters. The number of hydrogen-bond donors (Lipinski definition) is 2. The second-order valence-corrected chi connectivity index (χ2v) is 9.01. The van der Waals surface area contributed by atoms with Crippen molar-refractivity contribution in [2.75, 3.05) is 25.1 Å². The molecule has 1 heterocycles. The van der Waals surface area contributed by atoms with E-state index in [1.165, 1.54) is 43.2 Å². The quantitative estimate of drug-likeness (QED) is 0.651. The molecule has 0 radical (unpaired) electrons. The predicted molar refractivity (Wildman–Crippen MR) is 115 cm³/mol. The van der Waals surface area contributed by atoms with E-state index in [1.54, 1.807) is 24.3 Å². The minimum Gasteiger partial charge on any atom is -0.497 e. The van der Waals surface area contributed by atoms with E-state index >= 15 is 0 Å². The molecule has 1 aliphatic heterocycles. The molecule has 0 aliphatic carbocycles. The SMILES string of the molecule is COc1ccc(S(=O)(=O)N2Cc3ccccc3N(C(=O)CNC(C)=O)CC2C(=O)O)cc1. The lowest BCUT2D eigenvalue weighted by Crippen LogP contribution is -2.51. The molecule has 0 spiro atoms. The molecule has 2 N–H and O–H groups in total. The van der Waals surface area contributed by atoms with Gasteiger partial charge in [0, 0.05) is 19.2 Å². The number of amides is 2. The number of nitrogens with one attached hydrogen (secondary N) is 1. The maximum absolute atomic E-state index is 13.4. The lowest BCUT2D eigenvalue weighted by molar-refractivity contribution is -0.141. The third-order valence-corrected chi connectivity index (χ3v) is 6.92. The molecule has 2 aromatic carbocycles. The number of rotatable bonds is 6. The molecule has 0 saturated carbocycles. The molecule has 11 heteroatoms. The van der Waals surface area contributed by atoms with Crippen molar-refractivity contribution in [2.45, 2.75) is 24.4 Å². The molecule has 2 amide bonds. The zero-order valence-electron chi connectivity index (χ0n) is 17.5. The van der Waals surface area contributed by atoms with Crippen LogP contribution in [0.1, 0.15) is 12.5 Å². The van der Waals surface area contributed by atoms with E-state index in [4.69, 9.17) is 4.74 Å². The summed E-state index contributed by atoms with van der Waals surface area (Å²) in [5.41, 5.74) is 0.853. The van der Waals surface area contributed by atoms with Crippen LogP contribution in [0.3, 0.4) is 0 Å². The highest BCUT2D eigenvalue weighted by Crippen LogP contribution is 2.31. The molecule has 3 rings (SSSR count). The summed E-state index contributed by atoms with van der Waals surface area (Å²) in [4.78, 5) is 37.3. The normalized spacial score (nSPS) is 16.6. The van der Waals surface area contributed by atoms with Gasteiger partial charge in [-0.15, -0.1) is 0 Å². The van der Waals surface area contributed by atoms with Gasteiger partial charge in [0.05, 0.1) is 25.1 Å². The topological polar surface area (TPSA) is 133 Å². The molecular weight excluding hydrogens is 438 g/mol. The van der Waals surface area contributed by atoms with Gasteiger partial charge in [0.15, 0.2) is 0 Å². The third-order valence-electron chi connectivity index (χ3n) is 5.05. The second kappa shape index (κ2) is 9.37. The minimum absolute atomic E-state index is 0.0972. The molecule has 0 bridgehead atoms. The molecule has 170 valence electrons. The molecule has 10 nitrogen and oxygen atoms in total. The van der Waals surface area contributed by atoms with Crippen molar-refractivity contribution in [1.29, 1.82) is 0 Å². The fourth-order valence-corrected chi connectivity index (χ4v) is 4.97. The zero-order valence-corrected chi connectivity index (χ0v) is 18.3. The Morgan fingerprint density at radius 2 is 1.78 bits per heavy atom. The molecule has 1 aliphatic rings. The highest BCUT2D eigenvalue weighted by atomic mass is 32.2. The Bertz CT molecular complexity index is 1130. The number of sulfonamides is 1. The standard InChI is InChI=1S/C21H23N3O7S/c1-14(25)22-11-20(26)23-13-19(21(27)28)24(12-15-5-3-4-6-18(15)23)32(29,30)17-9-7-16(31-2)8-10-17/h3-10,19H,11-13H2,1-2H3,(H,22,25)(H,27,28). The number of methoxy groups -OCH3 is 1. The van der Waals surface area contributed by atoms with Gasteiger partial charge in [-0.3, -0.25) is 14.4 Å². The van der Waals surface area contributed by atoms with Crippen molar-refractivity contribution < 1.29 is 32.6 Å². The van der Waals surface area contributed by atoms with Crippen LogP contribution in [0.4, 0.5) is 5.69 Å². The van der Waals surface area contributed by atoms with E-state index < -0.39 is 40.4 Å². The Morgan fingerprint density at radius 1 is 1.12 bits per heavy atom. The van der Waals surface area contributed by atoms with Crippen LogP contribution in [0.15, 0.2) is 53.4 Å². The van der Waals surface area contributed by atoms with Gasteiger partial charge >= 0.3 is 5.97 Å². The van der Waals surface area contributed by atoms with E-state index in [0.717, 1.165) is 4.31 Å². The zero-order chi connectivity index (χ0) is 23.5. The molecule has 0 saturated heterocycles. The van der Waals surface area contributed by atoms with Crippen molar-refractivity contribution in [1.82, 2.24) is 9.62 Å².